The van der Waals surface area contributed by atoms with Crippen LogP contribution in [-0.4, -0.2) is 20.9 Å². The molecule has 100 valence electrons. The second-order valence-corrected chi connectivity index (χ2v) is 3.60. The smallest absolute Gasteiger partial charge is 0.299 e. The average Bonchev–Trinajstić information content (AvgIpc) is 2.74. The van der Waals surface area contributed by atoms with Gasteiger partial charge in [-0.1, -0.05) is 0 Å². The van der Waals surface area contributed by atoms with Crippen molar-refractivity contribution in [3.63, 3.8) is 0 Å². The molecule has 0 fully saturated rings. The Bertz CT molecular complexity index is 436. The van der Waals surface area contributed by atoms with Gasteiger partial charge in [0.05, 0.1) is 0 Å². The molecule has 0 radical (unpaired) electrons. The van der Waals surface area contributed by atoms with Gasteiger partial charge in [-0.25, -0.2) is 16.5 Å². The lowest BCUT2D eigenvalue weighted by Crippen LogP contribution is -2.33. The first-order valence-electron chi connectivity index (χ1n) is 5.33. The minimum absolute atomic E-state index is 0.115. The molecule has 6 N–H and O–H groups in total. The summed E-state index contributed by atoms with van der Waals surface area (Å²) in [7, 11) is 0. The van der Waals surface area contributed by atoms with Crippen molar-refractivity contribution in [2.24, 2.45) is 11.7 Å². The molecule has 0 unspecified atom stereocenters. The van der Waals surface area contributed by atoms with Crippen molar-refractivity contribution >= 4 is 11.8 Å². The van der Waals surface area contributed by atoms with Gasteiger partial charge < -0.3 is 0 Å². The van der Waals surface area contributed by atoms with E-state index < -0.39 is 0 Å². The molecular formula is C9H16N6O3. The van der Waals surface area contributed by atoms with Crippen molar-refractivity contribution < 1.29 is 9.59 Å². The summed E-state index contributed by atoms with van der Waals surface area (Å²) in [5, 5.41) is 0. The highest BCUT2D eigenvalue weighted by atomic mass is 16.2. The number of hydrogen-bond acceptors (Lipinski definition) is 5. The normalized spacial score (nSPS) is 10.1. The maximum Gasteiger partial charge on any atom is 0.328 e. The molecule has 0 atom stereocenters. The minimum Gasteiger partial charge on any atom is -0.299 e. The molecule has 0 aliphatic rings. The van der Waals surface area contributed by atoms with Crippen molar-refractivity contribution in [3.8, 4) is 0 Å². The largest absolute Gasteiger partial charge is 0.328 e. The van der Waals surface area contributed by atoms with E-state index in [1.165, 1.54) is 9.13 Å². The van der Waals surface area contributed by atoms with Crippen LogP contribution in [0.15, 0.2) is 17.2 Å². The van der Waals surface area contributed by atoms with Crippen molar-refractivity contribution in [2.75, 3.05) is 0 Å². The number of imidazole rings is 1. The van der Waals surface area contributed by atoms with E-state index in [9.17, 15) is 14.4 Å². The Balaban J connectivity index is 2.58. The van der Waals surface area contributed by atoms with Gasteiger partial charge in [0.15, 0.2) is 0 Å². The van der Waals surface area contributed by atoms with E-state index in [1.54, 1.807) is 12.4 Å². The molecule has 0 spiro atoms. The van der Waals surface area contributed by atoms with Gasteiger partial charge in [0, 0.05) is 38.3 Å². The number of rotatable bonds is 6. The van der Waals surface area contributed by atoms with Gasteiger partial charge in [-0.3, -0.25) is 29.6 Å². The van der Waals surface area contributed by atoms with Crippen LogP contribution in [0, 0.1) is 0 Å². The van der Waals surface area contributed by atoms with Gasteiger partial charge in [-0.15, -0.1) is 0 Å². The molecule has 0 aromatic carbocycles. The van der Waals surface area contributed by atoms with E-state index in [-0.39, 0.29) is 43.4 Å². The summed E-state index contributed by atoms with van der Waals surface area (Å²) in [5.41, 5.74) is 3.68. The van der Waals surface area contributed by atoms with Gasteiger partial charge in [-0.05, 0) is 0 Å². The molecule has 0 aliphatic carbocycles. The second-order valence-electron chi connectivity index (χ2n) is 3.60. The minimum atomic E-state index is -0.350. The van der Waals surface area contributed by atoms with Gasteiger partial charge in [0.1, 0.15) is 0 Å². The van der Waals surface area contributed by atoms with Crippen molar-refractivity contribution in [1.82, 2.24) is 20.0 Å². The summed E-state index contributed by atoms with van der Waals surface area (Å²) in [5.74, 6) is 9.16. The maximum atomic E-state index is 11.8. The molecule has 0 aliphatic heterocycles. The molecule has 1 aromatic rings. The number of nitrogens with one attached hydrogen (secondary N) is 2. The highest BCUT2D eigenvalue weighted by Crippen LogP contribution is 1.91. The molecule has 0 saturated heterocycles. The van der Waals surface area contributed by atoms with E-state index in [2.05, 4.69) is 0 Å². The monoisotopic (exact) mass is 256 g/mol. The van der Waals surface area contributed by atoms with Crippen molar-refractivity contribution in [3.05, 3.63) is 22.9 Å². The van der Waals surface area contributed by atoms with E-state index in [0.717, 1.165) is 0 Å². The van der Waals surface area contributed by atoms with Crippen LogP contribution in [0.1, 0.15) is 12.8 Å². The average molecular weight is 256 g/mol. The number of amides is 2. The summed E-state index contributed by atoms with van der Waals surface area (Å²) < 4.78 is 2.74. The summed E-state index contributed by atoms with van der Waals surface area (Å²) in [6, 6.07) is 0. The SMILES string of the molecule is NNC(=O)CCn1ccn(CCC(=O)NN)c1=O. The Kier molecular flexibility index (Phi) is 5.08. The quantitative estimate of drug-likeness (QED) is 0.251. The van der Waals surface area contributed by atoms with E-state index in [0.29, 0.717) is 0 Å². The topological polar surface area (TPSA) is 137 Å². The lowest BCUT2D eigenvalue weighted by atomic mass is 10.4. The summed E-state index contributed by atoms with van der Waals surface area (Å²) in [4.78, 5) is 33.6. The van der Waals surface area contributed by atoms with Gasteiger partial charge >= 0.3 is 5.69 Å². The summed E-state index contributed by atoms with van der Waals surface area (Å²) >= 11 is 0. The predicted molar refractivity (Wildman–Crippen MR) is 62.6 cm³/mol. The number of carbonyl (C=O) groups excluding carboxylic acids is 2. The molecule has 1 heterocycles. The zero-order valence-corrected chi connectivity index (χ0v) is 9.76. The van der Waals surface area contributed by atoms with Crippen LogP contribution in [0.5, 0.6) is 0 Å². The first-order chi connectivity index (χ1) is 8.58. The van der Waals surface area contributed by atoms with E-state index in [4.69, 9.17) is 11.7 Å². The van der Waals surface area contributed by atoms with Crippen LogP contribution >= 0.6 is 0 Å². The third-order valence-electron chi connectivity index (χ3n) is 2.40. The van der Waals surface area contributed by atoms with Crippen LogP contribution in [0.3, 0.4) is 0 Å². The maximum absolute atomic E-state index is 11.8. The van der Waals surface area contributed by atoms with E-state index in [1.807, 2.05) is 10.9 Å². The fourth-order valence-corrected chi connectivity index (χ4v) is 1.38. The fraction of sp³-hybridized carbons (Fsp3) is 0.444. The van der Waals surface area contributed by atoms with Gasteiger partial charge in [0.25, 0.3) is 0 Å². The number of carbonyl (C=O) groups is 2. The zero-order chi connectivity index (χ0) is 13.5. The molecule has 9 nitrogen and oxygen atoms in total. The Morgan fingerprint density at radius 3 is 1.72 bits per heavy atom. The number of hydrazine groups is 2. The highest BCUT2D eigenvalue weighted by molar-refractivity contribution is 5.75. The summed E-state index contributed by atoms with van der Waals surface area (Å²) in [6.07, 6.45) is 3.33. The Hall–Kier alpha value is -2.13. The predicted octanol–water partition coefficient (Wildman–Crippen LogP) is -2.59. The number of hydrogen-bond donors (Lipinski definition) is 4. The summed E-state index contributed by atoms with van der Waals surface area (Å²) in [6.45, 7) is 0.468. The highest BCUT2D eigenvalue weighted by Gasteiger charge is 2.06. The zero-order valence-electron chi connectivity index (χ0n) is 9.76. The van der Waals surface area contributed by atoms with Crippen molar-refractivity contribution in [1.29, 1.82) is 0 Å². The van der Waals surface area contributed by atoms with Crippen molar-refractivity contribution in [2.45, 2.75) is 25.9 Å². The van der Waals surface area contributed by atoms with Crippen LogP contribution in [-0.2, 0) is 22.7 Å². The molecule has 1 aromatic heterocycles. The fourth-order valence-electron chi connectivity index (χ4n) is 1.38. The Morgan fingerprint density at radius 1 is 1.00 bits per heavy atom. The molecule has 0 saturated carbocycles. The lowest BCUT2D eigenvalue weighted by molar-refractivity contribution is -0.122. The molecule has 2 amide bonds. The molecule has 18 heavy (non-hydrogen) atoms. The number of nitrogens with zero attached hydrogens (tertiary/aromatic N) is 2. The molecule has 0 bridgehead atoms. The van der Waals surface area contributed by atoms with Gasteiger partial charge in [0.2, 0.25) is 11.8 Å². The van der Waals surface area contributed by atoms with Crippen LogP contribution in [0.4, 0.5) is 0 Å². The number of aromatic nitrogens is 2. The third kappa shape index (κ3) is 3.71. The van der Waals surface area contributed by atoms with E-state index >= 15 is 0 Å². The Morgan fingerprint density at radius 2 is 1.39 bits per heavy atom. The first kappa shape index (κ1) is 13.9. The van der Waals surface area contributed by atoms with Crippen LogP contribution in [0.25, 0.3) is 0 Å². The molecular weight excluding hydrogens is 240 g/mol. The number of nitrogens with two attached hydrogens (primary N) is 2. The van der Waals surface area contributed by atoms with Crippen LogP contribution < -0.4 is 28.2 Å². The Labute approximate surface area is 103 Å². The standard InChI is InChI=1S/C9H16N6O3/c10-12-7(16)1-3-14-5-6-15(9(14)18)4-2-8(17)13-11/h5-6H,1-4,10-11H2,(H,12,16)(H,13,17). The first-order valence-corrected chi connectivity index (χ1v) is 5.33. The number of aryl methyl sites for hydroxylation is 2. The third-order valence-corrected chi connectivity index (χ3v) is 2.40. The van der Waals surface area contributed by atoms with Crippen LogP contribution in [0.2, 0.25) is 0 Å². The van der Waals surface area contributed by atoms with Gasteiger partial charge in [-0.2, -0.15) is 0 Å². The second kappa shape index (κ2) is 6.57. The molecule has 9 heteroatoms. The lowest BCUT2D eigenvalue weighted by Gasteiger charge is -2.02. The molecule has 1 rings (SSSR count).